The zero-order valence-corrected chi connectivity index (χ0v) is 12.8. The second-order valence-corrected chi connectivity index (χ2v) is 6.69. The van der Waals surface area contributed by atoms with Crippen LogP contribution in [0.15, 0.2) is 36.4 Å². The lowest BCUT2D eigenvalue weighted by molar-refractivity contribution is 0.427. The van der Waals surface area contributed by atoms with Crippen LogP contribution < -0.4 is 0 Å². The molecule has 1 aromatic heterocycles. The molecule has 0 bridgehead atoms. The van der Waals surface area contributed by atoms with Crippen LogP contribution in [0.2, 0.25) is 0 Å². The van der Waals surface area contributed by atoms with Crippen molar-refractivity contribution >= 4 is 23.1 Å². The van der Waals surface area contributed by atoms with Gasteiger partial charge in [0.15, 0.2) is 0 Å². The van der Waals surface area contributed by atoms with Gasteiger partial charge in [0, 0.05) is 34.6 Å². The molecule has 4 rings (SSSR count). The molecule has 0 unspecified atom stereocenters. The smallest absolute Gasteiger partial charge is 0.0488 e. The highest BCUT2D eigenvalue weighted by Gasteiger charge is 2.27. The molecule has 21 heavy (non-hydrogen) atoms. The van der Waals surface area contributed by atoms with Gasteiger partial charge in [-0.3, -0.25) is 0 Å². The maximum atomic E-state index is 2.49. The minimum atomic E-state index is 0.302. The molecule has 2 aromatic rings. The molecule has 1 heteroatoms. The van der Waals surface area contributed by atoms with Crippen molar-refractivity contribution in [2.45, 2.75) is 38.5 Å². The van der Waals surface area contributed by atoms with Crippen molar-refractivity contribution in [3.63, 3.8) is 0 Å². The van der Waals surface area contributed by atoms with E-state index in [1.807, 2.05) is 0 Å². The quantitative estimate of drug-likeness (QED) is 0.594. The van der Waals surface area contributed by atoms with Crippen molar-refractivity contribution in [3.05, 3.63) is 47.7 Å². The van der Waals surface area contributed by atoms with E-state index in [0.29, 0.717) is 5.41 Å². The molecule has 1 spiro atoms. The molecule has 1 saturated carbocycles. The molecule has 2 aliphatic rings. The van der Waals surface area contributed by atoms with Gasteiger partial charge in [-0.1, -0.05) is 62.1 Å². The van der Waals surface area contributed by atoms with Gasteiger partial charge in [0.1, 0.15) is 0 Å². The highest BCUT2D eigenvalue weighted by molar-refractivity contribution is 5.94. The van der Waals surface area contributed by atoms with Gasteiger partial charge in [-0.15, -0.1) is 0 Å². The van der Waals surface area contributed by atoms with Gasteiger partial charge in [-0.05, 0) is 25.0 Å². The van der Waals surface area contributed by atoms with Gasteiger partial charge in [-0.25, -0.2) is 0 Å². The number of benzene rings is 1. The summed E-state index contributed by atoms with van der Waals surface area (Å²) in [5.74, 6) is 0. The first-order valence-corrected chi connectivity index (χ1v) is 8.25. The number of fused-ring (bicyclic) bond motifs is 3. The third-order valence-corrected chi connectivity index (χ3v) is 5.38. The van der Waals surface area contributed by atoms with E-state index >= 15 is 0 Å². The standard InChI is InChI=1S/C20H23N/c1-21-18-9-5-4-8-16(18)17-10-14-20(15-11-19(17)21)12-6-2-3-7-13-20/h4-5,8-11,14-15H,2-3,6-7,12-13H2,1H3. The lowest BCUT2D eigenvalue weighted by atomic mass is 9.80. The first-order valence-electron chi connectivity index (χ1n) is 8.25. The molecule has 108 valence electrons. The van der Waals surface area contributed by atoms with Crippen LogP contribution >= 0.6 is 0 Å². The summed E-state index contributed by atoms with van der Waals surface area (Å²) in [5.41, 5.74) is 4.38. The zero-order valence-electron chi connectivity index (χ0n) is 12.8. The summed E-state index contributed by atoms with van der Waals surface area (Å²) in [5, 5.41) is 1.38. The number of hydrogen-bond donors (Lipinski definition) is 0. The fraction of sp³-hybridized carbons (Fsp3) is 0.400. The van der Waals surface area contributed by atoms with E-state index < -0.39 is 0 Å². The molecule has 0 atom stereocenters. The van der Waals surface area contributed by atoms with E-state index in [9.17, 15) is 0 Å². The van der Waals surface area contributed by atoms with Crippen LogP contribution in [0, 0.1) is 5.41 Å². The second-order valence-electron chi connectivity index (χ2n) is 6.69. The number of allylic oxidation sites excluding steroid dienone is 2. The summed E-state index contributed by atoms with van der Waals surface area (Å²) < 4.78 is 2.33. The van der Waals surface area contributed by atoms with Crippen LogP contribution in [-0.4, -0.2) is 4.57 Å². The molecule has 1 aromatic carbocycles. The number of hydrogen-bond acceptors (Lipinski definition) is 0. The number of para-hydroxylation sites is 1. The normalized spacial score (nSPS) is 20.4. The fourth-order valence-electron chi connectivity index (χ4n) is 4.09. The summed E-state index contributed by atoms with van der Waals surface area (Å²) in [7, 11) is 2.18. The predicted molar refractivity (Wildman–Crippen MR) is 91.1 cm³/mol. The van der Waals surface area contributed by atoms with Crippen LogP contribution in [0.3, 0.4) is 0 Å². The van der Waals surface area contributed by atoms with E-state index in [2.05, 4.69) is 60.2 Å². The van der Waals surface area contributed by atoms with Gasteiger partial charge in [0.25, 0.3) is 0 Å². The van der Waals surface area contributed by atoms with E-state index in [1.54, 1.807) is 0 Å². The molecule has 1 nitrogen and oxygen atoms in total. The minimum absolute atomic E-state index is 0.302. The molecule has 0 aliphatic heterocycles. The third kappa shape index (κ3) is 2.07. The Hall–Kier alpha value is -1.76. The van der Waals surface area contributed by atoms with Gasteiger partial charge >= 0.3 is 0 Å². The molecule has 0 amide bonds. The number of aromatic nitrogens is 1. The SMILES string of the molecule is Cn1c2c(c3ccccc31)C=CC1(C=C2)CCCCCC1. The Balaban J connectivity index is 1.85. The van der Waals surface area contributed by atoms with Crippen LogP contribution in [0.5, 0.6) is 0 Å². The van der Waals surface area contributed by atoms with Crippen molar-refractivity contribution in [1.29, 1.82) is 0 Å². The molecule has 2 aliphatic carbocycles. The minimum Gasteiger partial charge on any atom is -0.344 e. The lowest BCUT2D eigenvalue weighted by Crippen LogP contribution is -2.12. The molecule has 0 N–H and O–H groups in total. The van der Waals surface area contributed by atoms with E-state index in [0.717, 1.165) is 0 Å². The lowest BCUT2D eigenvalue weighted by Gasteiger charge is -2.24. The van der Waals surface area contributed by atoms with Crippen LogP contribution in [0.25, 0.3) is 23.1 Å². The Labute approximate surface area is 127 Å². The third-order valence-electron chi connectivity index (χ3n) is 5.38. The summed E-state index contributed by atoms with van der Waals surface area (Å²) >= 11 is 0. The van der Waals surface area contributed by atoms with Crippen LogP contribution in [0.4, 0.5) is 0 Å². The molecular weight excluding hydrogens is 254 g/mol. The number of rotatable bonds is 0. The van der Waals surface area contributed by atoms with Gasteiger partial charge < -0.3 is 4.57 Å². The molecule has 0 radical (unpaired) electrons. The van der Waals surface area contributed by atoms with Crippen molar-refractivity contribution in [1.82, 2.24) is 4.57 Å². The molecular formula is C20H23N. The topological polar surface area (TPSA) is 4.93 Å². The predicted octanol–water partition coefficient (Wildman–Crippen LogP) is 5.56. The van der Waals surface area contributed by atoms with Crippen molar-refractivity contribution in [2.24, 2.45) is 12.5 Å². The molecule has 1 heterocycles. The van der Waals surface area contributed by atoms with E-state index in [1.165, 1.54) is 60.7 Å². The van der Waals surface area contributed by atoms with Crippen LogP contribution in [-0.2, 0) is 7.05 Å². The average Bonchev–Trinajstić information content (AvgIpc) is 2.73. The Bertz CT molecular complexity index is 722. The molecule has 1 fully saturated rings. The van der Waals surface area contributed by atoms with Gasteiger partial charge in [0.2, 0.25) is 0 Å². The Morgan fingerprint density at radius 3 is 2.43 bits per heavy atom. The van der Waals surface area contributed by atoms with Crippen molar-refractivity contribution in [3.8, 4) is 0 Å². The van der Waals surface area contributed by atoms with Crippen molar-refractivity contribution in [2.75, 3.05) is 0 Å². The van der Waals surface area contributed by atoms with Gasteiger partial charge in [0.05, 0.1) is 0 Å². The van der Waals surface area contributed by atoms with Crippen LogP contribution in [0.1, 0.15) is 49.8 Å². The van der Waals surface area contributed by atoms with Crippen molar-refractivity contribution < 1.29 is 0 Å². The summed E-state index contributed by atoms with van der Waals surface area (Å²) in [6, 6.07) is 8.73. The monoisotopic (exact) mass is 277 g/mol. The largest absolute Gasteiger partial charge is 0.344 e. The number of aryl methyl sites for hydroxylation is 1. The highest BCUT2D eigenvalue weighted by atomic mass is 14.9. The maximum absolute atomic E-state index is 2.49. The first-order chi connectivity index (χ1) is 10.3. The number of nitrogens with zero attached hydrogens (tertiary/aromatic N) is 1. The van der Waals surface area contributed by atoms with Gasteiger partial charge in [-0.2, -0.15) is 0 Å². The highest BCUT2D eigenvalue weighted by Crippen LogP contribution is 2.42. The summed E-state index contributed by atoms with van der Waals surface area (Å²) in [6.45, 7) is 0. The Morgan fingerprint density at radius 1 is 0.905 bits per heavy atom. The fourth-order valence-corrected chi connectivity index (χ4v) is 4.09. The molecule has 0 saturated heterocycles. The second kappa shape index (κ2) is 4.91. The van der Waals surface area contributed by atoms with E-state index in [4.69, 9.17) is 0 Å². The first kappa shape index (κ1) is 12.9. The maximum Gasteiger partial charge on any atom is 0.0488 e. The summed E-state index contributed by atoms with van der Waals surface area (Å²) in [6.07, 6.45) is 17.9. The summed E-state index contributed by atoms with van der Waals surface area (Å²) in [4.78, 5) is 0. The average molecular weight is 277 g/mol. The Kier molecular flexibility index (Phi) is 3.02. The Morgan fingerprint density at radius 2 is 1.62 bits per heavy atom. The zero-order chi connectivity index (χ0) is 14.3. The van der Waals surface area contributed by atoms with E-state index in [-0.39, 0.29) is 0 Å².